The maximum atomic E-state index is 14.4. The molecule has 0 unspecified atom stereocenters. The van der Waals surface area contributed by atoms with E-state index in [2.05, 4.69) is 10.3 Å². The smallest absolute Gasteiger partial charge is 0.254 e. The minimum absolute atomic E-state index is 0.0557. The van der Waals surface area contributed by atoms with Crippen LogP contribution in [0.15, 0.2) is 30.5 Å². The van der Waals surface area contributed by atoms with Crippen molar-refractivity contribution in [3.8, 4) is 5.75 Å². The van der Waals surface area contributed by atoms with Gasteiger partial charge in [-0.2, -0.15) is 4.39 Å². The number of amides is 1. The topological polar surface area (TPSA) is 80.7 Å². The number of ether oxygens (including phenoxy) is 2. The van der Waals surface area contributed by atoms with Crippen molar-refractivity contribution < 1.29 is 28.2 Å². The summed E-state index contributed by atoms with van der Waals surface area (Å²) < 4.78 is 39.3. The highest BCUT2D eigenvalue weighted by atomic mass is 19.2. The number of benzene rings is 1. The van der Waals surface area contributed by atoms with Gasteiger partial charge in [0.2, 0.25) is 5.82 Å². The Labute approximate surface area is 174 Å². The van der Waals surface area contributed by atoms with E-state index in [1.165, 1.54) is 13.2 Å². The molecule has 0 radical (unpaired) electrons. The summed E-state index contributed by atoms with van der Waals surface area (Å²) >= 11 is 0. The highest BCUT2D eigenvalue weighted by molar-refractivity contribution is 5.95. The molecule has 0 saturated carbocycles. The average molecular weight is 420 g/mol. The van der Waals surface area contributed by atoms with Gasteiger partial charge in [0.1, 0.15) is 6.10 Å². The van der Waals surface area contributed by atoms with Crippen LogP contribution in [0.5, 0.6) is 5.75 Å². The third kappa shape index (κ3) is 4.15. The van der Waals surface area contributed by atoms with E-state index in [9.17, 15) is 13.6 Å². The van der Waals surface area contributed by atoms with Crippen molar-refractivity contribution in [2.45, 2.75) is 44.8 Å². The van der Waals surface area contributed by atoms with Gasteiger partial charge in [0.25, 0.3) is 5.91 Å². The average Bonchev–Trinajstić information content (AvgIpc) is 2.94. The normalized spacial score (nSPS) is 22.7. The number of anilines is 1. The van der Waals surface area contributed by atoms with Crippen molar-refractivity contribution >= 4 is 11.6 Å². The largest absolute Gasteiger partial charge is 0.493 e. The van der Waals surface area contributed by atoms with Crippen molar-refractivity contribution in [2.24, 2.45) is 5.92 Å². The van der Waals surface area contributed by atoms with Crippen LogP contribution in [0.2, 0.25) is 0 Å². The fourth-order valence-electron chi connectivity index (χ4n) is 3.89. The molecule has 3 rings (SSSR count). The van der Waals surface area contributed by atoms with E-state index in [1.54, 1.807) is 18.3 Å². The van der Waals surface area contributed by atoms with E-state index in [1.807, 2.05) is 20.8 Å². The second kappa shape index (κ2) is 8.65. The molecule has 0 bridgehead atoms. The number of halogens is 2. The summed E-state index contributed by atoms with van der Waals surface area (Å²) in [7, 11) is 1.27. The lowest BCUT2D eigenvalue weighted by Gasteiger charge is -2.25. The summed E-state index contributed by atoms with van der Waals surface area (Å²) in [6, 6.07) is 5.78. The fourth-order valence-corrected chi connectivity index (χ4v) is 3.89. The molecule has 6 nitrogen and oxygen atoms in total. The predicted octanol–water partition coefficient (Wildman–Crippen LogP) is 3.44. The Morgan fingerprint density at radius 3 is 2.73 bits per heavy atom. The van der Waals surface area contributed by atoms with Gasteiger partial charge in [-0.25, -0.2) is 4.39 Å². The molecule has 1 amide bonds. The number of aliphatic hydroxyl groups excluding tert-OH is 1. The minimum atomic E-state index is -1.09. The van der Waals surface area contributed by atoms with Gasteiger partial charge >= 0.3 is 0 Å². The maximum absolute atomic E-state index is 14.4. The molecule has 30 heavy (non-hydrogen) atoms. The first-order chi connectivity index (χ1) is 14.2. The zero-order chi connectivity index (χ0) is 22.1. The Hall–Kier alpha value is -2.58. The third-order valence-electron chi connectivity index (χ3n) is 5.75. The molecule has 1 saturated heterocycles. The van der Waals surface area contributed by atoms with Gasteiger partial charge in [0, 0.05) is 42.1 Å². The summed E-state index contributed by atoms with van der Waals surface area (Å²) in [5.41, 5.74) is 0.846. The lowest BCUT2D eigenvalue weighted by Crippen LogP contribution is -2.33. The quantitative estimate of drug-likeness (QED) is 0.748. The van der Waals surface area contributed by atoms with Crippen LogP contribution >= 0.6 is 0 Å². The summed E-state index contributed by atoms with van der Waals surface area (Å²) in [6.45, 7) is 5.57. The zero-order valence-electron chi connectivity index (χ0n) is 17.4. The maximum Gasteiger partial charge on any atom is 0.254 e. The van der Waals surface area contributed by atoms with Crippen molar-refractivity contribution in [3.63, 3.8) is 0 Å². The molecule has 1 aromatic heterocycles. The van der Waals surface area contributed by atoms with E-state index in [-0.39, 0.29) is 18.3 Å². The first-order valence-electron chi connectivity index (χ1n) is 9.76. The molecule has 1 aromatic carbocycles. The Kier molecular flexibility index (Phi) is 6.38. The lowest BCUT2D eigenvalue weighted by atomic mass is 9.78. The van der Waals surface area contributed by atoms with Gasteiger partial charge < -0.3 is 19.9 Å². The van der Waals surface area contributed by atoms with Gasteiger partial charge in [-0.15, -0.1) is 0 Å². The van der Waals surface area contributed by atoms with Crippen LogP contribution in [0.1, 0.15) is 37.9 Å². The number of methoxy groups -OCH3 is 1. The lowest BCUT2D eigenvalue weighted by molar-refractivity contribution is -0.131. The standard InChI is InChI=1S/C22H26F2N2O4/c1-12-17(15-5-6-16(23)18(24)19(15)29-4)20(30-22(12,2)3)21(28)26-14-7-9-25-13(11-14)8-10-27/h5-7,9,11-12,17,20,27H,8,10H2,1-4H3,(H,25,26,28)/t12-,17-,20+/m0/s1. The number of aromatic nitrogens is 1. The van der Waals surface area contributed by atoms with E-state index >= 15 is 0 Å². The Morgan fingerprint density at radius 2 is 2.07 bits per heavy atom. The molecule has 2 N–H and O–H groups in total. The number of carbonyl (C=O) groups is 1. The second-order valence-electron chi connectivity index (χ2n) is 7.94. The zero-order valence-corrected chi connectivity index (χ0v) is 17.4. The minimum Gasteiger partial charge on any atom is -0.493 e. The van der Waals surface area contributed by atoms with E-state index in [0.29, 0.717) is 23.4 Å². The summed E-state index contributed by atoms with van der Waals surface area (Å²) in [4.78, 5) is 17.3. The SMILES string of the molecule is COc1c([C@H]2[C@H](C(=O)Nc3ccnc(CCO)c3)OC(C)(C)[C@H]2C)ccc(F)c1F. The number of hydrogen-bond donors (Lipinski definition) is 2. The van der Waals surface area contributed by atoms with Crippen LogP contribution in [0, 0.1) is 17.6 Å². The fraction of sp³-hybridized carbons (Fsp3) is 0.455. The third-order valence-corrected chi connectivity index (χ3v) is 5.75. The summed E-state index contributed by atoms with van der Waals surface area (Å²) in [6.07, 6.45) is 0.962. The monoisotopic (exact) mass is 420 g/mol. The van der Waals surface area contributed by atoms with Crippen molar-refractivity contribution in [1.82, 2.24) is 4.98 Å². The van der Waals surface area contributed by atoms with Gasteiger partial charge in [0.15, 0.2) is 11.6 Å². The van der Waals surface area contributed by atoms with Crippen LogP contribution < -0.4 is 10.1 Å². The summed E-state index contributed by atoms with van der Waals surface area (Å²) in [5.74, 6) is -3.48. The Morgan fingerprint density at radius 1 is 1.33 bits per heavy atom. The molecule has 1 fully saturated rings. The van der Waals surface area contributed by atoms with Crippen LogP contribution in [-0.4, -0.2) is 41.4 Å². The molecule has 0 spiro atoms. The Bertz CT molecular complexity index is 935. The van der Waals surface area contributed by atoms with E-state index in [4.69, 9.17) is 14.6 Å². The Balaban J connectivity index is 1.95. The number of nitrogens with zero attached hydrogens (tertiary/aromatic N) is 1. The number of rotatable bonds is 6. The van der Waals surface area contributed by atoms with Crippen molar-refractivity contribution in [1.29, 1.82) is 0 Å². The van der Waals surface area contributed by atoms with E-state index in [0.717, 1.165) is 6.07 Å². The van der Waals surface area contributed by atoms with Gasteiger partial charge in [-0.3, -0.25) is 9.78 Å². The summed E-state index contributed by atoms with van der Waals surface area (Å²) in [5, 5.41) is 11.9. The van der Waals surface area contributed by atoms with E-state index < -0.39 is 35.2 Å². The number of pyridine rings is 1. The molecule has 1 aliphatic rings. The highest BCUT2D eigenvalue weighted by Gasteiger charge is 2.51. The second-order valence-corrected chi connectivity index (χ2v) is 7.94. The van der Waals surface area contributed by atoms with Crippen LogP contribution in [0.4, 0.5) is 14.5 Å². The van der Waals surface area contributed by atoms with Crippen molar-refractivity contribution in [3.05, 3.63) is 53.4 Å². The molecule has 2 aromatic rings. The van der Waals surface area contributed by atoms with Gasteiger partial charge in [-0.05, 0) is 38.0 Å². The first-order valence-corrected chi connectivity index (χ1v) is 9.76. The van der Waals surface area contributed by atoms with Crippen LogP contribution in [0.3, 0.4) is 0 Å². The molecule has 1 aliphatic heterocycles. The number of nitrogens with one attached hydrogen (secondary N) is 1. The molecule has 8 heteroatoms. The van der Waals surface area contributed by atoms with Gasteiger partial charge in [0.05, 0.1) is 12.7 Å². The molecular formula is C22H26F2N2O4. The molecule has 162 valence electrons. The van der Waals surface area contributed by atoms with Crippen LogP contribution in [-0.2, 0) is 16.0 Å². The first kappa shape index (κ1) is 22.1. The number of hydrogen-bond acceptors (Lipinski definition) is 5. The predicted molar refractivity (Wildman–Crippen MR) is 107 cm³/mol. The highest BCUT2D eigenvalue weighted by Crippen LogP contribution is 2.49. The molecular weight excluding hydrogens is 394 g/mol. The molecule has 3 atom stereocenters. The number of carbonyl (C=O) groups excluding carboxylic acids is 1. The van der Waals surface area contributed by atoms with Crippen molar-refractivity contribution in [2.75, 3.05) is 19.0 Å². The molecule has 2 heterocycles. The van der Waals surface area contributed by atoms with Crippen LogP contribution in [0.25, 0.3) is 0 Å². The van der Waals surface area contributed by atoms with Gasteiger partial charge in [-0.1, -0.05) is 13.0 Å². The molecule has 0 aliphatic carbocycles. The number of aliphatic hydroxyl groups is 1.